The molecule has 0 aliphatic carbocycles. The van der Waals surface area contributed by atoms with Crippen LogP contribution in [0.5, 0.6) is 0 Å². The zero-order valence-electron chi connectivity index (χ0n) is 21.5. The molecular formula is C28H28F3N5O2S. The lowest BCUT2D eigenvalue weighted by atomic mass is 10.1. The maximum absolute atomic E-state index is 13.1. The van der Waals surface area contributed by atoms with Crippen molar-refractivity contribution in [1.82, 2.24) is 19.2 Å². The average molecular weight is 556 g/mol. The van der Waals surface area contributed by atoms with Crippen LogP contribution in [0, 0.1) is 6.92 Å². The summed E-state index contributed by atoms with van der Waals surface area (Å²) in [5, 5.41) is 4.34. The van der Waals surface area contributed by atoms with Crippen molar-refractivity contribution in [1.29, 1.82) is 0 Å². The van der Waals surface area contributed by atoms with Crippen LogP contribution in [-0.2, 0) is 16.2 Å². The first-order valence-electron chi connectivity index (χ1n) is 12.5. The number of benzene rings is 3. The molecule has 1 fully saturated rings. The zero-order chi connectivity index (χ0) is 27.8. The summed E-state index contributed by atoms with van der Waals surface area (Å²) < 4.78 is 66.1. The molecule has 1 N–H and O–H groups in total. The molecule has 0 spiro atoms. The summed E-state index contributed by atoms with van der Waals surface area (Å²) in [7, 11) is -3.91. The number of fused-ring (bicyclic) bond motifs is 1. The molecule has 0 unspecified atom stereocenters. The van der Waals surface area contributed by atoms with Crippen molar-refractivity contribution in [3.05, 3.63) is 89.7 Å². The number of alkyl halides is 3. The number of hydrogen-bond acceptors (Lipinski definition) is 6. The molecular weight excluding hydrogens is 527 g/mol. The van der Waals surface area contributed by atoms with E-state index in [1.165, 1.54) is 4.31 Å². The standard InChI is InChI=1S/C28H28F3N5O2S/c1-19-7-3-5-9-24(19)32-27-23-8-4-6-10-25(23)33-26(34-27)20(2)35-15-17-36(18-16-35)39(37,38)22-13-11-21(12-14-22)28(29,30)31/h3-14,20H,15-18H2,1-2H3,(H,32,33,34)/t20-/m1/s1. The van der Waals surface area contributed by atoms with Crippen LogP contribution in [0.1, 0.15) is 29.9 Å². The number of aryl methyl sites for hydroxylation is 1. The second-order valence-electron chi connectivity index (χ2n) is 9.53. The van der Waals surface area contributed by atoms with Crippen LogP contribution in [0.2, 0.25) is 0 Å². The fourth-order valence-electron chi connectivity index (χ4n) is 4.68. The van der Waals surface area contributed by atoms with Crippen molar-refractivity contribution < 1.29 is 21.6 Å². The Bertz CT molecular complexity index is 1590. The number of nitrogens with one attached hydrogen (secondary N) is 1. The summed E-state index contributed by atoms with van der Waals surface area (Å²) in [5.74, 6) is 1.31. The van der Waals surface area contributed by atoms with Gasteiger partial charge in [-0.05, 0) is 61.9 Å². The van der Waals surface area contributed by atoms with Gasteiger partial charge in [0.2, 0.25) is 10.0 Å². The molecule has 2 heterocycles. The van der Waals surface area contributed by atoms with Crippen LogP contribution in [0.15, 0.2) is 77.7 Å². The molecule has 0 amide bonds. The van der Waals surface area contributed by atoms with Gasteiger partial charge in [-0.1, -0.05) is 30.3 Å². The van der Waals surface area contributed by atoms with E-state index in [2.05, 4.69) is 10.2 Å². The summed E-state index contributed by atoms with van der Waals surface area (Å²) >= 11 is 0. The molecule has 1 atom stereocenters. The van der Waals surface area contributed by atoms with E-state index in [-0.39, 0.29) is 24.0 Å². The molecule has 5 rings (SSSR count). The molecule has 1 aromatic heterocycles. The Labute approximate surface area is 225 Å². The predicted molar refractivity (Wildman–Crippen MR) is 144 cm³/mol. The van der Waals surface area contributed by atoms with Crippen molar-refractivity contribution in [3.8, 4) is 0 Å². The summed E-state index contributed by atoms with van der Waals surface area (Å²) in [6.07, 6.45) is -4.52. The topological polar surface area (TPSA) is 78.4 Å². The molecule has 0 radical (unpaired) electrons. The second-order valence-corrected chi connectivity index (χ2v) is 11.5. The van der Waals surface area contributed by atoms with Crippen LogP contribution >= 0.6 is 0 Å². The number of hydrogen-bond donors (Lipinski definition) is 1. The van der Waals surface area contributed by atoms with E-state index in [0.29, 0.717) is 24.7 Å². The molecule has 1 aliphatic rings. The van der Waals surface area contributed by atoms with E-state index in [1.807, 2.05) is 62.4 Å². The van der Waals surface area contributed by atoms with Gasteiger partial charge in [-0.15, -0.1) is 0 Å². The molecule has 4 aromatic rings. The Morgan fingerprint density at radius 1 is 0.872 bits per heavy atom. The minimum Gasteiger partial charge on any atom is -0.339 e. The van der Waals surface area contributed by atoms with Gasteiger partial charge in [0.05, 0.1) is 22.0 Å². The quantitative estimate of drug-likeness (QED) is 0.326. The molecule has 7 nitrogen and oxygen atoms in total. The Morgan fingerprint density at radius 2 is 1.51 bits per heavy atom. The van der Waals surface area contributed by atoms with Gasteiger partial charge in [0.1, 0.15) is 11.6 Å². The maximum atomic E-state index is 13.1. The van der Waals surface area contributed by atoms with E-state index >= 15 is 0 Å². The first-order chi connectivity index (χ1) is 18.5. The molecule has 3 aromatic carbocycles. The van der Waals surface area contributed by atoms with E-state index in [9.17, 15) is 21.6 Å². The highest BCUT2D eigenvalue weighted by atomic mass is 32.2. The van der Waals surface area contributed by atoms with E-state index in [0.717, 1.165) is 46.4 Å². The first-order valence-corrected chi connectivity index (χ1v) is 14.0. The number of nitrogens with zero attached hydrogens (tertiary/aromatic N) is 4. The molecule has 0 bridgehead atoms. The summed E-state index contributed by atoms with van der Waals surface area (Å²) in [4.78, 5) is 11.6. The summed E-state index contributed by atoms with van der Waals surface area (Å²) in [5.41, 5.74) is 1.95. The van der Waals surface area contributed by atoms with Gasteiger partial charge < -0.3 is 5.32 Å². The Hall–Kier alpha value is -3.54. The smallest absolute Gasteiger partial charge is 0.339 e. The van der Waals surface area contributed by atoms with Gasteiger partial charge in [-0.3, -0.25) is 4.90 Å². The van der Waals surface area contributed by atoms with Crippen molar-refractivity contribution in [2.24, 2.45) is 0 Å². The highest BCUT2D eigenvalue weighted by Gasteiger charge is 2.33. The highest BCUT2D eigenvalue weighted by Crippen LogP contribution is 2.31. The van der Waals surface area contributed by atoms with E-state index in [1.54, 1.807) is 0 Å². The summed E-state index contributed by atoms with van der Waals surface area (Å²) in [6, 6.07) is 19.1. The maximum Gasteiger partial charge on any atom is 0.416 e. The number of rotatable bonds is 6. The van der Waals surface area contributed by atoms with Crippen LogP contribution in [-0.4, -0.2) is 53.8 Å². The Balaban J connectivity index is 1.33. The lowest BCUT2D eigenvalue weighted by Gasteiger charge is -2.37. The van der Waals surface area contributed by atoms with Crippen LogP contribution < -0.4 is 5.32 Å². The van der Waals surface area contributed by atoms with Crippen LogP contribution in [0.4, 0.5) is 24.7 Å². The third-order valence-electron chi connectivity index (χ3n) is 7.03. The summed E-state index contributed by atoms with van der Waals surface area (Å²) in [6.45, 7) is 5.27. The number of piperazine rings is 1. The largest absolute Gasteiger partial charge is 0.416 e. The number of para-hydroxylation sites is 2. The molecule has 1 saturated heterocycles. The van der Waals surface area contributed by atoms with Gasteiger partial charge in [-0.25, -0.2) is 18.4 Å². The van der Waals surface area contributed by atoms with Gasteiger partial charge in [0.25, 0.3) is 0 Å². The number of anilines is 2. The Morgan fingerprint density at radius 3 is 2.18 bits per heavy atom. The number of halogens is 3. The monoisotopic (exact) mass is 555 g/mol. The lowest BCUT2D eigenvalue weighted by molar-refractivity contribution is -0.137. The first kappa shape index (κ1) is 27.0. The van der Waals surface area contributed by atoms with Crippen LogP contribution in [0.3, 0.4) is 0 Å². The van der Waals surface area contributed by atoms with Crippen molar-refractivity contribution >= 4 is 32.4 Å². The van der Waals surface area contributed by atoms with Gasteiger partial charge in [0, 0.05) is 37.3 Å². The van der Waals surface area contributed by atoms with Gasteiger partial charge in [-0.2, -0.15) is 17.5 Å². The fraction of sp³-hybridized carbons (Fsp3) is 0.286. The van der Waals surface area contributed by atoms with Gasteiger partial charge in [0.15, 0.2) is 0 Å². The van der Waals surface area contributed by atoms with Crippen molar-refractivity contribution in [3.63, 3.8) is 0 Å². The van der Waals surface area contributed by atoms with Crippen molar-refractivity contribution in [2.75, 3.05) is 31.5 Å². The minimum atomic E-state index is -4.52. The Kier molecular flexibility index (Phi) is 7.32. The SMILES string of the molecule is Cc1ccccc1Nc1nc([C@@H](C)N2CCN(S(=O)(=O)c3ccc(C(F)(F)F)cc3)CC2)nc2ccccc12. The normalized spacial score (nSPS) is 16.3. The third-order valence-corrected chi connectivity index (χ3v) is 8.95. The molecule has 1 aliphatic heterocycles. The third kappa shape index (κ3) is 5.61. The second kappa shape index (κ2) is 10.6. The predicted octanol–water partition coefficient (Wildman–Crippen LogP) is 5.77. The lowest BCUT2D eigenvalue weighted by Crippen LogP contribution is -2.49. The number of sulfonamides is 1. The molecule has 0 saturated carbocycles. The average Bonchev–Trinajstić information content (AvgIpc) is 2.93. The highest BCUT2D eigenvalue weighted by molar-refractivity contribution is 7.89. The fourth-order valence-corrected chi connectivity index (χ4v) is 6.10. The van der Waals surface area contributed by atoms with E-state index in [4.69, 9.17) is 9.97 Å². The molecule has 39 heavy (non-hydrogen) atoms. The molecule has 204 valence electrons. The van der Waals surface area contributed by atoms with E-state index < -0.39 is 21.8 Å². The molecule has 11 heteroatoms. The van der Waals surface area contributed by atoms with Crippen molar-refractivity contribution in [2.45, 2.75) is 31.0 Å². The number of aromatic nitrogens is 2. The minimum absolute atomic E-state index is 0.151. The van der Waals surface area contributed by atoms with Crippen LogP contribution in [0.25, 0.3) is 10.9 Å². The van der Waals surface area contributed by atoms with Gasteiger partial charge >= 0.3 is 6.18 Å². The zero-order valence-corrected chi connectivity index (χ0v) is 22.3.